The minimum atomic E-state index is -1.17. The summed E-state index contributed by atoms with van der Waals surface area (Å²) >= 11 is 0. The van der Waals surface area contributed by atoms with Gasteiger partial charge in [-0.2, -0.15) is 0 Å². The smallest absolute Gasteiger partial charge is 0.374 e. The van der Waals surface area contributed by atoms with Gasteiger partial charge in [0.25, 0.3) is 5.88 Å². The van der Waals surface area contributed by atoms with Crippen LogP contribution in [-0.4, -0.2) is 16.2 Å². The van der Waals surface area contributed by atoms with Crippen LogP contribution in [0.25, 0.3) is 11.1 Å². The molecule has 0 bridgehead atoms. The van der Waals surface area contributed by atoms with E-state index < -0.39 is 5.97 Å². The lowest BCUT2D eigenvalue weighted by Gasteiger charge is -2.05. The van der Waals surface area contributed by atoms with Gasteiger partial charge < -0.3 is 14.4 Å². The third-order valence-corrected chi connectivity index (χ3v) is 3.15. The molecule has 5 heteroatoms. The Labute approximate surface area is 126 Å². The van der Waals surface area contributed by atoms with Crippen LogP contribution in [0.3, 0.4) is 0 Å². The first-order valence-electron chi connectivity index (χ1n) is 6.69. The molecule has 0 aliphatic rings. The van der Waals surface area contributed by atoms with Crippen LogP contribution in [0.2, 0.25) is 0 Å². The molecule has 1 aromatic heterocycles. The van der Waals surface area contributed by atoms with Gasteiger partial charge in [0.2, 0.25) is 5.76 Å². The van der Waals surface area contributed by atoms with E-state index in [-0.39, 0.29) is 11.6 Å². The molecule has 0 amide bonds. The number of carboxylic acid groups (broad SMARTS) is 1. The number of carboxylic acids is 1. The van der Waals surface area contributed by atoms with Crippen LogP contribution in [0.5, 0.6) is 5.88 Å². The molecule has 0 aliphatic carbocycles. The summed E-state index contributed by atoms with van der Waals surface area (Å²) in [7, 11) is 0. The lowest BCUT2D eigenvalue weighted by molar-refractivity contribution is 0.0651. The summed E-state index contributed by atoms with van der Waals surface area (Å²) in [6.07, 6.45) is 0. The molecule has 0 fully saturated rings. The first-order valence-corrected chi connectivity index (χ1v) is 6.69. The van der Waals surface area contributed by atoms with Crippen molar-refractivity contribution in [1.29, 1.82) is 0 Å². The van der Waals surface area contributed by atoms with Gasteiger partial charge in [-0.05, 0) is 21.8 Å². The summed E-state index contributed by atoms with van der Waals surface area (Å²) in [6.45, 7) is 0.292. The zero-order valence-corrected chi connectivity index (χ0v) is 11.6. The average molecular weight is 295 g/mol. The number of rotatable bonds is 5. The second-order valence-corrected chi connectivity index (χ2v) is 4.69. The van der Waals surface area contributed by atoms with Gasteiger partial charge in [-0.3, -0.25) is 0 Å². The first-order chi connectivity index (χ1) is 10.7. The zero-order chi connectivity index (χ0) is 15.4. The van der Waals surface area contributed by atoms with Gasteiger partial charge >= 0.3 is 5.97 Å². The summed E-state index contributed by atoms with van der Waals surface area (Å²) in [5, 5.41) is 12.3. The van der Waals surface area contributed by atoms with E-state index in [0.29, 0.717) is 6.61 Å². The fourth-order valence-corrected chi connectivity index (χ4v) is 2.01. The largest absolute Gasteiger partial charge is 0.475 e. The fourth-order valence-electron chi connectivity index (χ4n) is 2.01. The van der Waals surface area contributed by atoms with Crippen LogP contribution < -0.4 is 4.74 Å². The van der Waals surface area contributed by atoms with Crippen LogP contribution in [-0.2, 0) is 6.61 Å². The molecule has 0 aliphatic heterocycles. The van der Waals surface area contributed by atoms with E-state index >= 15 is 0 Å². The van der Waals surface area contributed by atoms with Gasteiger partial charge in [-0.25, -0.2) is 4.79 Å². The predicted octanol–water partition coefficient (Wildman–Crippen LogP) is 3.62. The summed E-state index contributed by atoms with van der Waals surface area (Å²) in [5.41, 5.74) is 3.23. The van der Waals surface area contributed by atoms with Crippen LogP contribution in [0.15, 0.2) is 65.2 Å². The molecule has 5 nitrogen and oxygen atoms in total. The van der Waals surface area contributed by atoms with E-state index in [0.717, 1.165) is 16.7 Å². The SMILES string of the molecule is O=C(O)c1cc(OCc2ccc(-c3ccccc3)cc2)no1. The number of hydrogen-bond acceptors (Lipinski definition) is 4. The highest BCUT2D eigenvalue weighted by molar-refractivity contribution is 5.84. The van der Waals surface area contributed by atoms with Gasteiger partial charge in [0.15, 0.2) is 0 Å². The zero-order valence-electron chi connectivity index (χ0n) is 11.6. The molecule has 2 aromatic carbocycles. The van der Waals surface area contributed by atoms with Gasteiger partial charge in [-0.15, -0.1) is 0 Å². The second-order valence-electron chi connectivity index (χ2n) is 4.69. The minimum Gasteiger partial charge on any atom is -0.475 e. The van der Waals surface area contributed by atoms with Crippen molar-refractivity contribution in [3.8, 4) is 17.0 Å². The monoisotopic (exact) mass is 295 g/mol. The molecule has 0 unspecified atom stereocenters. The van der Waals surface area contributed by atoms with E-state index in [1.54, 1.807) is 0 Å². The minimum absolute atomic E-state index is 0.157. The van der Waals surface area contributed by atoms with E-state index in [9.17, 15) is 4.79 Å². The van der Waals surface area contributed by atoms with Crippen molar-refractivity contribution in [2.75, 3.05) is 0 Å². The summed E-state index contributed by atoms with van der Waals surface area (Å²) in [6, 6.07) is 19.3. The Balaban J connectivity index is 1.65. The van der Waals surface area contributed by atoms with Crippen LogP contribution in [0.1, 0.15) is 16.1 Å². The molecule has 3 rings (SSSR count). The standard InChI is InChI=1S/C17H13NO4/c19-17(20)15-10-16(18-22-15)21-11-12-6-8-14(9-7-12)13-4-2-1-3-5-13/h1-10H,11H2,(H,19,20). The maximum atomic E-state index is 10.7. The van der Waals surface area contributed by atoms with Crippen molar-refractivity contribution in [2.45, 2.75) is 6.61 Å². The number of benzene rings is 2. The number of aromatic nitrogens is 1. The molecule has 22 heavy (non-hydrogen) atoms. The maximum Gasteiger partial charge on any atom is 0.374 e. The molecular formula is C17H13NO4. The number of nitrogens with zero attached hydrogens (tertiary/aromatic N) is 1. The van der Waals surface area contributed by atoms with Crippen molar-refractivity contribution >= 4 is 5.97 Å². The molecule has 3 aromatic rings. The Morgan fingerprint density at radius 1 is 1.05 bits per heavy atom. The van der Waals surface area contributed by atoms with Crippen LogP contribution in [0.4, 0.5) is 0 Å². The highest BCUT2D eigenvalue weighted by Gasteiger charge is 2.11. The fraction of sp³-hybridized carbons (Fsp3) is 0.0588. The normalized spacial score (nSPS) is 10.4. The van der Waals surface area contributed by atoms with Gasteiger partial charge in [-0.1, -0.05) is 54.6 Å². The number of carbonyl (C=O) groups is 1. The van der Waals surface area contributed by atoms with E-state index in [2.05, 4.69) is 9.68 Å². The Morgan fingerprint density at radius 3 is 2.36 bits per heavy atom. The van der Waals surface area contributed by atoms with Crippen molar-refractivity contribution < 1.29 is 19.2 Å². The highest BCUT2D eigenvalue weighted by Crippen LogP contribution is 2.20. The molecule has 0 spiro atoms. The number of hydrogen-bond donors (Lipinski definition) is 1. The third-order valence-electron chi connectivity index (χ3n) is 3.15. The van der Waals surface area contributed by atoms with Gasteiger partial charge in [0, 0.05) is 0 Å². The molecule has 1 N–H and O–H groups in total. The maximum absolute atomic E-state index is 10.7. The Morgan fingerprint density at radius 2 is 1.73 bits per heavy atom. The molecular weight excluding hydrogens is 282 g/mol. The number of ether oxygens (including phenoxy) is 1. The quantitative estimate of drug-likeness (QED) is 0.778. The summed E-state index contributed by atoms with van der Waals surface area (Å²) in [4.78, 5) is 10.7. The Hall–Kier alpha value is -3.08. The molecule has 0 radical (unpaired) electrons. The van der Waals surface area contributed by atoms with Gasteiger partial charge in [0.1, 0.15) is 6.61 Å². The molecule has 110 valence electrons. The second kappa shape index (κ2) is 6.13. The van der Waals surface area contributed by atoms with Crippen molar-refractivity contribution in [2.24, 2.45) is 0 Å². The van der Waals surface area contributed by atoms with Crippen molar-refractivity contribution in [1.82, 2.24) is 5.16 Å². The Kier molecular flexibility index (Phi) is 3.87. The molecule has 0 saturated carbocycles. The number of aromatic carboxylic acids is 1. The first kappa shape index (κ1) is 13.9. The summed E-state index contributed by atoms with van der Waals surface area (Å²) < 4.78 is 10.0. The average Bonchev–Trinajstić information content (AvgIpc) is 3.04. The van der Waals surface area contributed by atoms with E-state index in [1.165, 1.54) is 6.07 Å². The van der Waals surface area contributed by atoms with E-state index in [4.69, 9.17) is 9.84 Å². The van der Waals surface area contributed by atoms with Gasteiger partial charge in [0.05, 0.1) is 6.07 Å². The lowest BCUT2D eigenvalue weighted by atomic mass is 10.0. The van der Waals surface area contributed by atoms with E-state index in [1.807, 2.05) is 54.6 Å². The molecule has 0 saturated heterocycles. The van der Waals surface area contributed by atoms with Crippen molar-refractivity contribution in [3.63, 3.8) is 0 Å². The summed E-state index contributed by atoms with van der Waals surface area (Å²) in [5.74, 6) is -1.26. The van der Waals surface area contributed by atoms with Crippen LogP contribution >= 0.6 is 0 Å². The topological polar surface area (TPSA) is 72.6 Å². The van der Waals surface area contributed by atoms with Crippen molar-refractivity contribution in [3.05, 3.63) is 72.0 Å². The lowest BCUT2D eigenvalue weighted by Crippen LogP contribution is -1.95. The predicted molar refractivity (Wildman–Crippen MR) is 79.7 cm³/mol. The van der Waals surface area contributed by atoms with Crippen LogP contribution in [0, 0.1) is 0 Å². The Bertz CT molecular complexity index is 763. The molecule has 1 heterocycles. The third kappa shape index (κ3) is 3.15. The highest BCUT2D eigenvalue weighted by atomic mass is 16.5. The molecule has 0 atom stereocenters.